The van der Waals surface area contributed by atoms with Crippen LogP contribution in [0.25, 0.3) is 0 Å². The molecule has 2 aliphatic rings. The van der Waals surface area contributed by atoms with Crippen LogP contribution in [0.4, 0.5) is 0 Å². The van der Waals surface area contributed by atoms with Crippen molar-refractivity contribution in [1.82, 2.24) is 0 Å². The van der Waals surface area contributed by atoms with Crippen molar-refractivity contribution in [3.63, 3.8) is 0 Å². The minimum absolute atomic E-state index is 0.0172. The Balaban J connectivity index is 2.24. The van der Waals surface area contributed by atoms with Gasteiger partial charge in [0.25, 0.3) is 0 Å². The van der Waals surface area contributed by atoms with E-state index in [-0.39, 0.29) is 5.41 Å². The van der Waals surface area contributed by atoms with Gasteiger partial charge in [0.15, 0.2) is 0 Å². The zero-order chi connectivity index (χ0) is 12.4. The molecule has 0 spiro atoms. The summed E-state index contributed by atoms with van der Waals surface area (Å²) >= 11 is 0. The van der Waals surface area contributed by atoms with Gasteiger partial charge < -0.3 is 10.8 Å². The molecule has 0 aliphatic heterocycles. The first kappa shape index (κ1) is 13.4. The molecule has 0 aromatic heterocycles. The predicted molar refractivity (Wildman–Crippen MR) is 71.8 cm³/mol. The zero-order valence-corrected chi connectivity index (χ0v) is 11.4. The van der Waals surface area contributed by atoms with Crippen LogP contribution in [0.3, 0.4) is 0 Å². The third kappa shape index (κ3) is 2.26. The Kier molecular flexibility index (Phi) is 4.14. The van der Waals surface area contributed by atoms with Gasteiger partial charge in [-0.2, -0.15) is 0 Å². The highest BCUT2D eigenvalue weighted by molar-refractivity contribution is 5.04. The molecule has 0 bridgehead atoms. The lowest BCUT2D eigenvalue weighted by Gasteiger charge is -2.52. The Labute approximate surface area is 106 Å². The largest absolute Gasteiger partial charge is 0.389 e. The van der Waals surface area contributed by atoms with Crippen LogP contribution >= 0.6 is 0 Å². The summed E-state index contributed by atoms with van der Waals surface area (Å²) < 4.78 is 0. The predicted octanol–water partition coefficient (Wildman–Crippen LogP) is 3.23. The van der Waals surface area contributed by atoms with Gasteiger partial charge in [-0.05, 0) is 31.6 Å². The van der Waals surface area contributed by atoms with Crippen LogP contribution in [0.1, 0.15) is 71.1 Å². The lowest BCUT2D eigenvalue weighted by Crippen LogP contribution is -2.57. The van der Waals surface area contributed by atoms with Crippen molar-refractivity contribution >= 4 is 0 Å². The Morgan fingerprint density at radius 2 is 1.59 bits per heavy atom. The van der Waals surface area contributed by atoms with E-state index in [0.29, 0.717) is 12.5 Å². The van der Waals surface area contributed by atoms with Gasteiger partial charge in [0.2, 0.25) is 0 Å². The topological polar surface area (TPSA) is 46.2 Å². The fraction of sp³-hybridized carbons (Fsp3) is 1.00. The fourth-order valence-electron chi connectivity index (χ4n) is 4.34. The lowest BCUT2D eigenvalue weighted by atomic mass is 9.57. The Bertz CT molecular complexity index is 245. The second-order valence-corrected chi connectivity index (χ2v) is 6.47. The van der Waals surface area contributed by atoms with Crippen molar-refractivity contribution in [2.45, 2.75) is 76.7 Å². The number of nitrogens with two attached hydrogens (primary N) is 1. The molecule has 0 radical (unpaired) electrons. The summed E-state index contributed by atoms with van der Waals surface area (Å²) in [4.78, 5) is 0. The quantitative estimate of drug-likeness (QED) is 0.727. The highest BCUT2D eigenvalue weighted by Crippen LogP contribution is 2.51. The Hall–Kier alpha value is -0.0800. The van der Waals surface area contributed by atoms with E-state index < -0.39 is 5.60 Å². The average molecular weight is 239 g/mol. The number of rotatable bonds is 2. The van der Waals surface area contributed by atoms with Crippen LogP contribution in [0.5, 0.6) is 0 Å². The van der Waals surface area contributed by atoms with Crippen molar-refractivity contribution in [3.8, 4) is 0 Å². The van der Waals surface area contributed by atoms with E-state index in [9.17, 15) is 5.11 Å². The fourth-order valence-corrected chi connectivity index (χ4v) is 4.34. The molecule has 2 saturated carbocycles. The normalized spacial score (nSPS) is 38.6. The maximum Gasteiger partial charge on any atom is 0.0741 e. The second kappa shape index (κ2) is 5.27. The minimum atomic E-state index is -0.482. The first-order valence-electron chi connectivity index (χ1n) is 7.57. The smallest absolute Gasteiger partial charge is 0.0741 e. The van der Waals surface area contributed by atoms with Gasteiger partial charge in [-0.25, -0.2) is 0 Å². The first-order valence-corrected chi connectivity index (χ1v) is 7.57. The highest BCUT2D eigenvalue weighted by atomic mass is 16.3. The molecule has 0 saturated heterocycles. The summed E-state index contributed by atoms with van der Waals surface area (Å²) in [5.41, 5.74) is 5.66. The molecule has 100 valence electrons. The van der Waals surface area contributed by atoms with Gasteiger partial charge in [-0.1, -0.05) is 45.4 Å². The second-order valence-electron chi connectivity index (χ2n) is 6.47. The third-order valence-corrected chi connectivity index (χ3v) is 5.63. The molecule has 2 atom stereocenters. The zero-order valence-electron chi connectivity index (χ0n) is 11.4. The summed E-state index contributed by atoms with van der Waals surface area (Å²) in [6, 6.07) is 0. The van der Waals surface area contributed by atoms with Crippen LogP contribution in [-0.2, 0) is 0 Å². The number of aliphatic hydroxyl groups is 1. The van der Waals surface area contributed by atoms with Crippen molar-refractivity contribution in [3.05, 3.63) is 0 Å². The SMILES string of the molecule is CC1CCCCC1(O)C1(CN)CCCCCC1. The molecule has 2 nitrogen and oxygen atoms in total. The molecular formula is C15H29NO. The number of hydrogen-bond donors (Lipinski definition) is 2. The van der Waals surface area contributed by atoms with Crippen LogP contribution in [0, 0.1) is 11.3 Å². The molecule has 0 heterocycles. The van der Waals surface area contributed by atoms with E-state index in [1.807, 2.05) is 0 Å². The number of hydrogen-bond acceptors (Lipinski definition) is 2. The molecule has 17 heavy (non-hydrogen) atoms. The van der Waals surface area contributed by atoms with E-state index in [4.69, 9.17) is 5.73 Å². The van der Waals surface area contributed by atoms with E-state index in [0.717, 1.165) is 19.3 Å². The van der Waals surface area contributed by atoms with Gasteiger partial charge in [-0.15, -0.1) is 0 Å². The van der Waals surface area contributed by atoms with Gasteiger partial charge in [0.05, 0.1) is 5.60 Å². The van der Waals surface area contributed by atoms with Gasteiger partial charge in [-0.3, -0.25) is 0 Å². The Morgan fingerprint density at radius 1 is 1.00 bits per heavy atom. The summed E-state index contributed by atoms with van der Waals surface area (Å²) in [6.07, 6.45) is 12.1. The van der Waals surface area contributed by atoms with Gasteiger partial charge >= 0.3 is 0 Å². The van der Waals surface area contributed by atoms with Crippen molar-refractivity contribution < 1.29 is 5.11 Å². The van der Waals surface area contributed by atoms with Crippen LogP contribution in [-0.4, -0.2) is 17.3 Å². The maximum absolute atomic E-state index is 11.3. The molecule has 2 fully saturated rings. The minimum Gasteiger partial charge on any atom is -0.389 e. The summed E-state index contributed by atoms with van der Waals surface area (Å²) in [5.74, 6) is 0.429. The first-order chi connectivity index (χ1) is 8.15. The van der Waals surface area contributed by atoms with Crippen molar-refractivity contribution in [2.75, 3.05) is 6.54 Å². The molecule has 2 rings (SSSR count). The molecule has 0 aromatic carbocycles. The summed E-state index contributed by atoms with van der Waals surface area (Å²) in [7, 11) is 0. The van der Waals surface area contributed by atoms with E-state index in [1.54, 1.807) is 0 Å². The highest BCUT2D eigenvalue weighted by Gasteiger charge is 2.52. The molecular weight excluding hydrogens is 210 g/mol. The molecule has 0 amide bonds. The molecule has 2 aliphatic carbocycles. The van der Waals surface area contributed by atoms with Gasteiger partial charge in [0.1, 0.15) is 0 Å². The lowest BCUT2D eigenvalue weighted by molar-refractivity contribution is -0.146. The molecule has 3 N–H and O–H groups in total. The Morgan fingerprint density at radius 3 is 2.12 bits per heavy atom. The van der Waals surface area contributed by atoms with E-state index in [1.165, 1.54) is 44.9 Å². The molecule has 2 unspecified atom stereocenters. The van der Waals surface area contributed by atoms with Crippen LogP contribution < -0.4 is 5.73 Å². The third-order valence-electron chi connectivity index (χ3n) is 5.63. The van der Waals surface area contributed by atoms with E-state index >= 15 is 0 Å². The van der Waals surface area contributed by atoms with Crippen LogP contribution in [0.2, 0.25) is 0 Å². The molecule has 0 aromatic rings. The molecule has 2 heteroatoms. The summed E-state index contributed by atoms with van der Waals surface area (Å²) in [6.45, 7) is 2.91. The standard InChI is InChI=1S/C15H29NO/c1-13-8-4-7-11-15(13,17)14(12-16)9-5-2-3-6-10-14/h13,17H,2-12,16H2,1H3. The van der Waals surface area contributed by atoms with Crippen molar-refractivity contribution in [1.29, 1.82) is 0 Å². The average Bonchev–Trinajstić information content (AvgIpc) is 2.59. The van der Waals surface area contributed by atoms with Gasteiger partial charge in [0, 0.05) is 12.0 Å². The van der Waals surface area contributed by atoms with E-state index in [2.05, 4.69) is 6.92 Å². The van der Waals surface area contributed by atoms with Crippen LogP contribution in [0.15, 0.2) is 0 Å². The maximum atomic E-state index is 11.3. The van der Waals surface area contributed by atoms with Crippen molar-refractivity contribution in [2.24, 2.45) is 17.1 Å². The monoisotopic (exact) mass is 239 g/mol. The summed E-state index contributed by atoms with van der Waals surface area (Å²) in [5, 5.41) is 11.3.